The number of carboxylic acids is 8. The van der Waals surface area contributed by atoms with Gasteiger partial charge in [0.05, 0.1) is 27.4 Å². The summed E-state index contributed by atoms with van der Waals surface area (Å²) in [6.45, 7) is 9.19. The Morgan fingerprint density at radius 3 is 1.54 bits per heavy atom. The number of methoxy groups -OCH3 is 3. The highest BCUT2D eigenvalue weighted by atomic mass is 16.6. The molecular formula is C61H78N4O32. The molecule has 1 aliphatic carbocycles. The van der Waals surface area contributed by atoms with Crippen LogP contribution in [-0.4, -0.2) is 294 Å². The normalized spacial score (nSPS) is 27.0. The van der Waals surface area contributed by atoms with E-state index in [1.807, 2.05) is 37.1 Å². The molecule has 1 aromatic heterocycles. The number of nitrogens with zero attached hydrogens (tertiary/aromatic N) is 3. The standard InChI is InChI=1S/C45H54N4O8.4C4H6O6/c1-8-27-19-28-22-44(40(51)55-6,36-30(25-48(23-27)24-28)29-13-10-11-14-33(29)46-36)32-20-31-34(21-35(32)54-5)47(4)38-43(31)16-18-49-17-12-15-42(9-2,37(43)49)39(57-26(3)50)45(38,53)41(52)56-7;4*5-1(3(7)8)2(6)4(9)10/h10-15,19-21,28,37-39,46,53H,8-9,16-18,22-25H2,1-7H3;4*1-2,5-6H,(H,7,8)(H,9,10)/t28-,37-,38+,39+,42+,43+,44-,45-;;;;/m0..../s1. The number of nitrogens with one attached hydrogen (secondary N) is 1. The number of aliphatic hydroxyl groups is 9. The van der Waals surface area contributed by atoms with Gasteiger partial charge in [0.25, 0.3) is 0 Å². The maximum Gasteiger partial charge on any atom is 0.344 e. The fourth-order valence-electron chi connectivity index (χ4n) is 13.9. The molecule has 3 aromatic rings. The number of aromatic amines is 1. The molecule has 2 bridgehead atoms. The van der Waals surface area contributed by atoms with Crippen LogP contribution in [0.5, 0.6) is 5.75 Å². The highest BCUT2D eigenvalue weighted by molar-refractivity contribution is 5.95. The average Bonchev–Trinajstić information content (AvgIpc) is 1.51. The minimum Gasteiger partial charge on any atom is -0.496 e. The summed E-state index contributed by atoms with van der Waals surface area (Å²) in [5, 5.41) is 144. The zero-order valence-electron chi connectivity index (χ0n) is 53.1. The minimum atomic E-state index is -2.27. The molecule has 2 fully saturated rings. The van der Waals surface area contributed by atoms with Crippen molar-refractivity contribution in [2.24, 2.45) is 11.3 Å². The fourth-order valence-corrected chi connectivity index (χ4v) is 13.9. The van der Waals surface area contributed by atoms with Gasteiger partial charge < -0.3 is 116 Å². The van der Waals surface area contributed by atoms with Gasteiger partial charge in [-0.1, -0.05) is 55.8 Å². The molecule has 36 nitrogen and oxygen atoms in total. The van der Waals surface area contributed by atoms with E-state index in [0.29, 0.717) is 50.2 Å². The summed E-state index contributed by atoms with van der Waals surface area (Å²) in [4.78, 5) is 131. The molecule has 36 heteroatoms. The van der Waals surface area contributed by atoms with E-state index in [0.717, 1.165) is 52.9 Å². The van der Waals surface area contributed by atoms with Crippen molar-refractivity contribution >= 4 is 82.3 Å². The van der Waals surface area contributed by atoms with Gasteiger partial charge in [-0.15, -0.1) is 0 Å². The molecule has 0 amide bonds. The smallest absolute Gasteiger partial charge is 0.344 e. The van der Waals surface area contributed by atoms with Gasteiger partial charge in [0, 0.05) is 90.9 Å². The number of carbonyl (C=O) groups is 11. The van der Waals surface area contributed by atoms with Crippen LogP contribution in [0.3, 0.4) is 0 Å². The number of ether oxygens (including phenoxy) is 4. The molecule has 9 unspecified atom stereocenters. The molecule has 97 heavy (non-hydrogen) atoms. The molecule has 1 spiro atoms. The number of esters is 3. The van der Waals surface area contributed by atoms with Crippen LogP contribution in [0.15, 0.2) is 60.2 Å². The molecule has 9 rings (SSSR count). The molecule has 0 radical (unpaired) electrons. The van der Waals surface area contributed by atoms with Crippen LogP contribution in [-0.2, 0) is 84.3 Å². The zero-order chi connectivity index (χ0) is 73.5. The summed E-state index contributed by atoms with van der Waals surface area (Å²) < 4.78 is 23.9. The number of hydrogen-bond donors (Lipinski definition) is 18. The number of carboxylic acid groups (broad SMARTS) is 8. The SMILES string of the molecule is CCC1=C[C@@H]2CN(C1)Cc1c([nH]c3ccccc13)[C@@](C(=O)OC)(c1cc3c(cc1OC)N(C)[C@H]1[C@@](O)(C(=O)OC)[C@H](OC(C)=O)[C@]4(CC)C=CCN5CC[C@]31[C@@H]54)C2.O=C(O)C(O)C(O)C(=O)O.O=C(O)C(O)C(O)C(=O)O.O=C(O)C(O)C(O)C(=O)O.O=C(O)C(O)C(O)C(=O)O. The third-order valence-electron chi connectivity index (χ3n) is 18.0. The summed E-state index contributed by atoms with van der Waals surface area (Å²) >= 11 is 0. The number of anilines is 1. The molecule has 6 heterocycles. The van der Waals surface area contributed by atoms with Crippen molar-refractivity contribution in [1.29, 1.82) is 0 Å². The molecule has 2 aromatic carbocycles. The monoisotopic (exact) mass is 1380 g/mol. The Balaban J connectivity index is 0.000000343. The topological polar surface area (TPSA) is 594 Å². The van der Waals surface area contributed by atoms with Gasteiger partial charge in [-0.2, -0.15) is 0 Å². The third kappa shape index (κ3) is 14.9. The third-order valence-corrected chi connectivity index (χ3v) is 18.0. The Morgan fingerprint density at radius 1 is 0.639 bits per heavy atom. The van der Waals surface area contributed by atoms with Gasteiger partial charge in [0.1, 0.15) is 11.2 Å². The maximum absolute atomic E-state index is 15.2. The van der Waals surface area contributed by atoms with E-state index in [9.17, 15) is 53.1 Å². The number of aliphatic carboxylic acids is 8. The molecule has 5 aliphatic heterocycles. The van der Waals surface area contributed by atoms with Crippen molar-refractivity contribution in [3.63, 3.8) is 0 Å². The molecule has 1 saturated carbocycles. The number of aromatic nitrogens is 1. The number of likely N-dealkylation sites (N-methyl/N-ethyl adjacent to an activating group) is 1. The van der Waals surface area contributed by atoms with Crippen LogP contribution in [0.1, 0.15) is 68.8 Å². The number of rotatable bonds is 19. The minimum absolute atomic E-state index is 0.0284. The van der Waals surface area contributed by atoms with E-state index >= 15 is 4.79 Å². The molecular weight excluding hydrogens is 1300 g/mol. The second-order valence-electron chi connectivity index (χ2n) is 23.4. The molecule has 1 saturated heterocycles. The van der Waals surface area contributed by atoms with Gasteiger partial charge in [-0.25, -0.2) is 43.2 Å². The van der Waals surface area contributed by atoms with Crippen molar-refractivity contribution in [3.8, 4) is 5.75 Å². The number of hydrogen-bond acceptors (Lipinski definition) is 27. The molecule has 6 aliphatic rings. The van der Waals surface area contributed by atoms with Crippen molar-refractivity contribution < 1.29 is 158 Å². The summed E-state index contributed by atoms with van der Waals surface area (Å²) in [6, 6.07) is 11.2. The lowest BCUT2D eigenvalue weighted by Crippen LogP contribution is -2.81. The lowest BCUT2D eigenvalue weighted by Gasteiger charge is -2.63. The first-order valence-electron chi connectivity index (χ1n) is 29.5. The van der Waals surface area contributed by atoms with Gasteiger partial charge in [-0.05, 0) is 61.4 Å². The predicted molar refractivity (Wildman–Crippen MR) is 323 cm³/mol. The predicted octanol–water partition coefficient (Wildman–Crippen LogP) is -3.74. The zero-order valence-corrected chi connectivity index (χ0v) is 53.1. The van der Waals surface area contributed by atoms with E-state index in [1.54, 1.807) is 7.11 Å². The van der Waals surface area contributed by atoms with Gasteiger partial charge in [0.2, 0.25) is 5.60 Å². The van der Waals surface area contributed by atoms with Crippen LogP contribution < -0.4 is 9.64 Å². The highest BCUT2D eigenvalue weighted by Crippen LogP contribution is 2.68. The summed E-state index contributed by atoms with van der Waals surface area (Å²) in [5.74, 6) is -15.5. The molecule has 17 atom stereocenters. The largest absolute Gasteiger partial charge is 0.496 e. The Labute approximate surface area is 549 Å². The van der Waals surface area contributed by atoms with Crippen LogP contribution in [0.4, 0.5) is 5.69 Å². The molecule has 18 N–H and O–H groups in total. The Kier molecular flexibility index (Phi) is 25.3. The second-order valence-corrected chi connectivity index (χ2v) is 23.4. The number of fused-ring (bicyclic) bond motifs is 6. The quantitative estimate of drug-likeness (QED) is 0.0312. The van der Waals surface area contributed by atoms with E-state index in [1.165, 1.54) is 26.7 Å². The van der Waals surface area contributed by atoms with E-state index < -0.39 is 143 Å². The van der Waals surface area contributed by atoms with Crippen molar-refractivity contribution in [2.75, 3.05) is 59.5 Å². The van der Waals surface area contributed by atoms with Crippen molar-refractivity contribution in [2.45, 2.75) is 136 Å². The first-order chi connectivity index (χ1) is 45.2. The number of para-hydroxylation sites is 1. The van der Waals surface area contributed by atoms with E-state index in [-0.39, 0.29) is 17.9 Å². The van der Waals surface area contributed by atoms with Crippen LogP contribution in [0, 0.1) is 11.3 Å². The number of benzene rings is 2. The second kappa shape index (κ2) is 31.3. The summed E-state index contributed by atoms with van der Waals surface area (Å²) in [5.41, 5.74) is 1.05. The lowest BCUT2D eigenvalue weighted by atomic mass is 9.47. The van der Waals surface area contributed by atoms with Gasteiger partial charge in [0.15, 0.2) is 54.9 Å². The Morgan fingerprint density at radius 2 is 1.11 bits per heavy atom. The van der Waals surface area contributed by atoms with Gasteiger partial charge in [-0.3, -0.25) is 19.4 Å². The molecule has 534 valence electrons. The van der Waals surface area contributed by atoms with Crippen LogP contribution >= 0.6 is 0 Å². The highest BCUT2D eigenvalue weighted by Gasteiger charge is 2.80. The van der Waals surface area contributed by atoms with Crippen LogP contribution in [0.25, 0.3) is 10.9 Å². The van der Waals surface area contributed by atoms with Crippen LogP contribution in [0.2, 0.25) is 0 Å². The fraction of sp³-hybridized carbons (Fsp3) is 0.525. The average molecular weight is 1380 g/mol. The number of carbonyl (C=O) groups excluding carboxylic acids is 3. The van der Waals surface area contributed by atoms with Crippen molar-refractivity contribution in [1.82, 2.24) is 14.8 Å². The first kappa shape index (κ1) is 78.5. The number of H-pyrrole nitrogens is 1. The first-order valence-corrected chi connectivity index (χ1v) is 29.5. The van der Waals surface area contributed by atoms with E-state index in [2.05, 4.69) is 58.1 Å². The van der Waals surface area contributed by atoms with Gasteiger partial charge >= 0.3 is 65.7 Å². The number of aliphatic hydroxyl groups excluding tert-OH is 8. The Bertz CT molecular complexity index is 3360. The summed E-state index contributed by atoms with van der Waals surface area (Å²) in [7, 11) is 6.22. The maximum atomic E-state index is 15.2. The lowest BCUT2D eigenvalue weighted by molar-refractivity contribution is -0.228. The Hall–Kier alpha value is -9.21. The van der Waals surface area contributed by atoms with E-state index in [4.69, 9.17) is 101 Å². The van der Waals surface area contributed by atoms with Crippen molar-refractivity contribution in [3.05, 3.63) is 82.6 Å². The summed E-state index contributed by atoms with van der Waals surface area (Å²) in [6.07, 6.45) is -10.5.